The first-order valence-electron chi connectivity index (χ1n) is 5.62. The van der Waals surface area contributed by atoms with Gasteiger partial charge in [0.15, 0.2) is 0 Å². The van der Waals surface area contributed by atoms with E-state index in [0.717, 1.165) is 16.7 Å². The van der Waals surface area contributed by atoms with Crippen LogP contribution in [0.2, 0.25) is 5.02 Å². The maximum atomic E-state index is 10.4. The van der Waals surface area contributed by atoms with Gasteiger partial charge < -0.3 is 5.32 Å². The molecule has 3 nitrogen and oxygen atoms in total. The zero-order valence-corrected chi connectivity index (χ0v) is 10.7. The van der Waals surface area contributed by atoms with Crippen LogP contribution in [0.4, 0.5) is 0 Å². The summed E-state index contributed by atoms with van der Waals surface area (Å²) < 4.78 is 0. The molecule has 0 aliphatic heterocycles. The average Bonchev–Trinajstić information content (AvgIpc) is 2.40. The molecule has 18 heavy (non-hydrogen) atoms. The molecular formula is C14H13ClN2O. The minimum atomic E-state index is 0.000852. The number of hydrogen-bond acceptors (Lipinski definition) is 2. The summed E-state index contributed by atoms with van der Waals surface area (Å²) in [5, 5.41) is 3.39. The topological polar surface area (TPSA) is 42.0 Å². The lowest BCUT2D eigenvalue weighted by Crippen LogP contribution is -2.15. The first-order valence-corrected chi connectivity index (χ1v) is 5.99. The minimum Gasteiger partial charge on any atom is -0.352 e. The molecule has 1 N–H and O–H groups in total. The van der Waals surface area contributed by atoms with Crippen LogP contribution in [0.5, 0.6) is 0 Å². The summed E-state index contributed by atoms with van der Waals surface area (Å²) in [5.74, 6) is 0. The van der Waals surface area contributed by atoms with Gasteiger partial charge in [0.25, 0.3) is 0 Å². The molecule has 92 valence electrons. The Bertz CT molecular complexity index is 540. The van der Waals surface area contributed by atoms with E-state index in [4.69, 9.17) is 11.6 Å². The zero-order chi connectivity index (χ0) is 13.0. The van der Waals surface area contributed by atoms with Gasteiger partial charge in [-0.25, -0.2) is 0 Å². The third kappa shape index (κ3) is 2.68. The molecule has 4 heteroatoms. The molecule has 0 radical (unpaired) electrons. The molecule has 1 heterocycles. The average molecular weight is 261 g/mol. The van der Waals surface area contributed by atoms with Crippen LogP contribution in [0, 0.1) is 0 Å². The maximum Gasteiger partial charge on any atom is 0.207 e. The summed E-state index contributed by atoms with van der Waals surface area (Å²) in [6.45, 7) is 1.93. The fourth-order valence-corrected chi connectivity index (χ4v) is 1.95. The summed E-state index contributed by atoms with van der Waals surface area (Å²) in [7, 11) is 0. The fourth-order valence-electron chi connectivity index (χ4n) is 1.74. The van der Waals surface area contributed by atoms with Crippen molar-refractivity contribution in [2.75, 3.05) is 0 Å². The summed E-state index contributed by atoms with van der Waals surface area (Å²) in [5.41, 5.74) is 2.96. The highest BCUT2D eigenvalue weighted by molar-refractivity contribution is 6.33. The Labute approximate surface area is 111 Å². The molecule has 1 aromatic carbocycles. The number of nitrogens with zero attached hydrogens (tertiary/aromatic N) is 1. The van der Waals surface area contributed by atoms with Crippen molar-refractivity contribution in [3.05, 3.63) is 53.3 Å². The molecule has 2 aromatic rings. The molecule has 0 saturated carbocycles. The quantitative estimate of drug-likeness (QED) is 0.858. The predicted octanol–water partition coefficient (Wildman–Crippen LogP) is 3.21. The third-order valence-corrected chi connectivity index (χ3v) is 3.14. The number of benzene rings is 1. The standard InChI is InChI=1S/C14H13ClN2O/c1-10(17-9-18)11-2-4-12(5-3-11)13-8-16-7-6-14(13)15/h2-10H,1H3,(H,17,18). The molecule has 2 rings (SSSR count). The van der Waals surface area contributed by atoms with Crippen molar-refractivity contribution in [2.24, 2.45) is 0 Å². The summed E-state index contributed by atoms with van der Waals surface area (Å²) in [6, 6.07) is 9.66. The molecule has 0 fully saturated rings. The van der Waals surface area contributed by atoms with E-state index in [1.54, 1.807) is 18.5 Å². The van der Waals surface area contributed by atoms with Gasteiger partial charge in [-0.15, -0.1) is 0 Å². The number of nitrogens with one attached hydrogen (secondary N) is 1. The summed E-state index contributed by atoms with van der Waals surface area (Å²) >= 11 is 6.11. The molecule has 1 amide bonds. The molecule has 1 atom stereocenters. The van der Waals surface area contributed by atoms with Crippen molar-refractivity contribution in [2.45, 2.75) is 13.0 Å². The first kappa shape index (κ1) is 12.6. The van der Waals surface area contributed by atoms with Crippen molar-refractivity contribution in [3.63, 3.8) is 0 Å². The van der Waals surface area contributed by atoms with Crippen LogP contribution in [-0.4, -0.2) is 11.4 Å². The molecule has 0 aliphatic rings. The molecule has 1 aromatic heterocycles. The van der Waals surface area contributed by atoms with Crippen LogP contribution in [0.1, 0.15) is 18.5 Å². The molecule has 0 bridgehead atoms. The van der Waals surface area contributed by atoms with E-state index in [2.05, 4.69) is 10.3 Å². The van der Waals surface area contributed by atoms with Crippen LogP contribution in [-0.2, 0) is 4.79 Å². The number of hydrogen-bond donors (Lipinski definition) is 1. The van der Waals surface area contributed by atoms with Gasteiger partial charge in [0.1, 0.15) is 0 Å². The van der Waals surface area contributed by atoms with Crippen molar-refractivity contribution >= 4 is 18.0 Å². The minimum absolute atomic E-state index is 0.000852. The van der Waals surface area contributed by atoms with Gasteiger partial charge in [-0.05, 0) is 24.1 Å². The first-order chi connectivity index (χ1) is 8.72. The lowest BCUT2D eigenvalue weighted by atomic mass is 10.0. The molecule has 0 saturated heterocycles. The Hall–Kier alpha value is -1.87. The maximum absolute atomic E-state index is 10.4. The number of carbonyl (C=O) groups excluding carboxylic acids is 1. The monoisotopic (exact) mass is 260 g/mol. The predicted molar refractivity (Wildman–Crippen MR) is 72.3 cm³/mol. The Morgan fingerprint density at radius 1 is 1.28 bits per heavy atom. The number of aromatic nitrogens is 1. The van der Waals surface area contributed by atoms with E-state index in [1.807, 2.05) is 31.2 Å². The van der Waals surface area contributed by atoms with E-state index in [-0.39, 0.29) is 6.04 Å². The van der Waals surface area contributed by atoms with Crippen molar-refractivity contribution < 1.29 is 4.79 Å². The van der Waals surface area contributed by atoms with Crippen molar-refractivity contribution in [1.29, 1.82) is 0 Å². The van der Waals surface area contributed by atoms with Gasteiger partial charge in [0.2, 0.25) is 6.41 Å². The highest BCUT2D eigenvalue weighted by Gasteiger charge is 2.06. The highest BCUT2D eigenvalue weighted by atomic mass is 35.5. The van der Waals surface area contributed by atoms with Crippen LogP contribution >= 0.6 is 11.6 Å². The van der Waals surface area contributed by atoms with Gasteiger partial charge in [-0.3, -0.25) is 9.78 Å². The fraction of sp³-hybridized carbons (Fsp3) is 0.143. The Kier molecular flexibility index (Phi) is 3.95. The van der Waals surface area contributed by atoms with E-state index in [1.165, 1.54) is 0 Å². The van der Waals surface area contributed by atoms with Gasteiger partial charge in [0.05, 0.1) is 11.1 Å². The second-order valence-electron chi connectivity index (χ2n) is 3.98. The van der Waals surface area contributed by atoms with E-state index < -0.39 is 0 Å². The largest absolute Gasteiger partial charge is 0.352 e. The van der Waals surface area contributed by atoms with Crippen molar-refractivity contribution in [1.82, 2.24) is 10.3 Å². The summed E-state index contributed by atoms with van der Waals surface area (Å²) in [4.78, 5) is 14.5. The van der Waals surface area contributed by atoms with Gasteiger partial charge in [0, 0.05) is 18.0 Å². The third-order valence-electron chi connectivity index (χ3n) is 2.81. The molecule has 0 spiro atoms. The van der Waals surface area contributed by atoms with Gasteiger partial charge in [-0.2, -0.15) is 0 Å². The number of halogens is 1. The van der Waals surface area contributed by atoms with Crippen LogP contribution in [0.25, 0.3) is 11.1 Å². The van der Waals surface area contributed by atoms with Crippen LogP contribution in [0.3, 0.4) is 0 Å². The number of rotatable bonds is 4. The second-order valence-corrected chi connectivity index (χ2v) is 4.39. The van der Waals surface area contributed by atoms with Crippen LogP contribution < -0.4 is 5.32 Å². The van der Waals surface area contributed by atoms with Crippen molar-refractivity contribution in [3.8, 4) is 11.1 Å². The number of amides is 1. The zero-order valence-electron chi connectivity index (χ0n) is 9.93. The lowest BCUT2D eigenvalue weighted by molar-refractivity contribution is -0.110. The lowest BCUT2D eigenvalue weighted by Gasteiger charge is -2.11. The molecule has 1 unspecified atom stereocenters. The molecule has 0 aliphatic carbocycles. The number of pyridine rings is 1. The Morgan fingerprint density at radius 2 is 2.00 bits per heavy atom. The van der Waals surface area contributed by atoms with E-state index in [0.29, 0.717) is 11.4 Å². The highest BCUT2D eigenvalue weighted by Crippen LogP contribution is 2.27. The van der Waals surface area contributed by atoms with Gasteiger partial charge >= 0.3 is 0 Å². The van der Waals surface area contributed by atoms with Crippen LogP contribution in [0.15, 0.2) is 42.7 Å². The Balaban J connectivity index is 2.28. The summed E-state index contributed by atoms with van der Waals surface area (Å²) in [6.07, 6.45) is 4.11. The van der Waals surface area contributed by atoms with E-state index >= 15 is 0 Å². The Morgan fingerprint density at radius 3 is 2.61 bits per heavy atom. The number of carbonyl (C=O) groups is 1. The second kappa shape index (κ2) is 5.65. The van der Waals surface area contributed by atoms with E-state index in [9.17, 15) is 4.79 Å². The smallest absolute Gasteiger partial charge is 0.207 e. The van der Waals surface area contributed by atoms with Gasteiger partial charge in [-0.1, -0.05) is 35.9 Å². The SMILES string of the molecule is CC(NC=O)c1ccc(-c2cnccc2Cl)cc1. The molecular weight excluding hydrogens is 248 g/mol. The normalized spacial score (nSPS) is 11.9.